The highest BCUT2D eigenvalue weighted by molar-refractivity contribution is 7.22. The van der Waals surface area contributed by atoms with E-state index in [4.69, 9.17) is 20.8 Å². The zero-order valence-corrected chi connectivity index (χ0v) is 14.8. The van der Waals surface area contributed by atoms with Crippen molar-refractivity contribution in [2.75, 3.05) is 12.4 Å². The van der Waals surface area contributed by atoms with Gasteiger partial charge in [0, 0.05) is 10.6 Å². The molecule has 0 fully saturated rings. The van der Waals surface area contributed by atoms with Gasteiger partial charge in [0.2, 0.25) is 11.8 Å². The molecule has 2 heterocycles. The van der Waals surface area contributed by atoms with Crippen LogP contribution in [-0.4, -0.2) is 22.3 Å². The van der Waals surface area contributed by atoms with E-state index in [1.54, 1.807) is 30.6 Å². The van der Waals surface area contributed by atoms with Crippen molar-refractivity contribution in [1.29, 1.82) is 0 Å². The number of methoxy groups -OCH3 is 1. The van der Waals surface area contributed by atoms with Crippen molar-refractivity contribution in [3.63, 3.8) is 0 Å². The maximum Gasteiger partial charge on any atom is 0.247 e. The SMILES string of the molecule is COc1ccc2nc(NCc3nnc(-c4ccc(Cl)cc4)o3)sc2c1. The lowest BCUT2D eigenvalue weighted by Crippen LogP contribution is -1.98. The first-order valence-electron chi connectivity index (χ1n) is 7.48. The third-order valence-electron chi connectivity index (χ3n) is 3.54. The predicted octanol–water partition coefficient (Wildman–Crippen LogP) is 4.62. The molecule has 0 atom stereocenters. The van der Waals surface area contributed by atoms with E-state index in [-0.39, 0.29) is 0 Å². The largest absolute Gasteiger partial charge is 0.497 e. The molecule has 0 saturated heterocycles. The molecule has 0 saturated carbocycles. The molecule has 0 amide bonds. The van der Waals surface area contributed by atoms with Gasteiger partial charge >= 0.3 is 0 Å². The number of benzene rings is 2. The van der Waals surface area contributed by atoms with Gasteiger partial charge in [0.05, 0.1) is 23.9 Å². The summed E-state index contributed by atoms with van der Waals surface area (Å²) in [6.07, 6.45) is 0. The number of rotatable bonds is 5. The fourth-order valence-corrected chi connectivity index (χ4v) is 3.31. The van der Waals surface area contributed by atoms with Crippen molar-refractivity contribution in [2.24, 2.45) is 0 Å². The summed E-state index contributed by atoms with van der Waals surface area (Å²) in [7, 11) is 1.65. The minimum absolute atomic E-state index is 0.400. The summed E-state index contributed by atoms with van der Waals surface area (Å²) in [5.41, 5.74) is 1.75. The molecule has 8 heteroatoms. The number of hydrogen-bond acceptors (Lipinski definition) is 7. The second kappa shape index (κ2) is 6.70. The van der Waals surface area contributed by atoms with Gasteiger partial charge in [-0.15, -0.1) is 10.2 Å². The molecule has 0 unspecified atom stereocenters. The van der Waals surface area contributed by atoms with E-state index in [0.717, 1.165) is 26.7 Å². The summed E-state index contributed by atoms with van der Waals surface area (Å²) in [6.45, 7) is 0.400. The van der Waals surface area contributed by atoms with Gasteiger partial charge in [-0.3, -0.25) is 0 Å². The van der Waals surface area contributed by atoms with E-state index >= 15 is 0 Å². The summed E-state index contributed by atoms with van der Waals surface area (Å²) in [6, 6.07) is 13.0. The van der Waals surface area contributed by atoms with Gasteiger partial charge in [0.15, 0.2) is 5.13 Å². The molecule has 126 valence electrons. The molecule has 0 aliphatic rings. The Morgan fingerprint density at radius 3 is 2.80 bits per heavy atom. The van der Waals surface area contributed by atoms with Crippen LogP contribution in [0.3, 0.4) is 0 Å². The monoisotopic (exact) mass is 372 g/mol. The first-order valence-corrected chi connectivity index (χ1v) is 8.67. The predicted molar refractivity (Wildman–Crippen MR) is 98.2 cm³/mol. The molecule has 4 aromatic rings. The summed E-state index contributed by atoms with van der Waals surface area (Å²) in [5, 5.41) is 12.8. The molecule has 6 nitrogen and oxygen atoms in total. The van der Waals surface area contributed by atoms with Gasteiger partial charge in [-0.1, -0.05) is 22.9 Å². The van der Waals surface area contributed by atoms with Gasteiger partial charge in [0.1, 0.15) is 5.75 Å². The molecule has 25 heavy (non-hydrogen) atoms. The molecule has 2 aromatic carbocycles. The van der Waals surface area contributed by atoms with Crippen molar-refractivity contribution in [3.05, 3.63) is 53.4 Å². The van der Waals surface area contributed by atoms with E-state index in [1.807, 2.05) is 30.3 Å². The first-order chi connectivity index (χ1) is 12.2. The molecule has 0 aliphatic carbocycles. The third kappa shape index (κ3) is 3.42. The van der Waals surface area contributed by atoms with Gasteiger partial charge in [-0.2, -0.15) is 0 Å². The molecule has 4 rings (SSSR count). The second-order valence-electron chi connectivity index (χ2n) is 5.21. The van der Waals surface area contributed by atoms with Crippen LogP contribution in [0, 0.1) is 0 Å². The number of thiazole rings is 1. The highest BCUT2D eigenvalue weighted by atomic mass is 35.5. The molecule has 0 aliphatic heterocycles. The fraction of sp³-hybridized carbons (Fsp3) is 0.118. The number of fused-ring (bicyclic) bond motifs is 1. The van der Waals surface area contributed by atoms with Crippen molar-refractivity contribution in [3.8, 4) is 17.2 Å². The second-order valence-corrected chi connectivity index (χ2v) is 6.68. The Bertz CT molecular complexity index is 1010. The Morgan fingerprint density at radius 1 is 1.16 bits per heavy atom. The van der Waals surface area contributed by atoms with Gasteiger partial charge < -0.3 is 14.5 Å². The lowest BCUT2D eigenvalue weighted by molar-refractivity contribution is 0.415. The minimum atomic E-state index is 0.400. The van der Waals surface area contributed by atoms with Crippen LogP contribution in [0.4, 0.5) is 5.13 Å². The third-order valence-corrected chi connectivity index (χ3v) is 4.77. The summed E-state index contributed by atoms with van der Waals surface area (Å²) >= 11 is 7.43. The highest BCUT2D eigenvalue weighted by Crippen LogP contribution is 2.29. The van der Waals surface area contributed by atoms with Gasteiger partial charge in [-0.25, -0.2) is 4.98 Å². The van der Waals surface area contributed by atoms with Gasteiger partial charge in [-0.05, 0) is 42.5 Å². The normalized spacial score (nSPS) is 11.0. The Kier molecular flexibility index (Phi) is 4.25. The summed E-state index contributed by atoms with van der Waals surface area (Å²) in [4.78, 5) is 4.53. The highest BCUT2D eigenvalue weighted by Gasteiger charge is 2.10. The van der Waals surface area contributed by atoms with Crippen molar-refractivity contribution in [1.82, 2.24) is 15.2 Å². The Morgan fingerprint density at radius 2 is 2.00 bits per heavy atom. The number of nitrogens with one attached hydrogen (secondary N) is 1. The van der Waals surface area contributed by atoms with Crippen molar-refractivity contribution >= 4 is 38.3 Å². The van der Waals surface area contributed by atoms with Crippen LogP contribution in [0.1, 0.15) is 5.89 Å². The summed E-state index contributed by atoms with van der Waals surface area (Å²) < 4.78 is 12.0. The van der Waals surface area contributed by atoms with Crippen molar-refractivity contribution < 1.29 is 9.15 Å². The van der Waals surface area contributed by atoms with E-state index in [2.05, 4.69) is 20.5 Å². The van der Waals surface area contributed by atoms with E-state index < -0.39 is 0 Å². The van der Waals surface area contributed by atoms with Crippen LogP contribution in [-0.2, 0) is 6.54 Å². The van der Waals surface area contributed by atoms with Gasteiger partial charge in [0.25, 0.3) is 0 Å². The Labute approximate surface area is 152 Å². The van der Waals surface area contributed by atoms with Crippen LogP contribution in [0.15, 0.2) is 46.9 Å². The number of nitrogens with zero attached hydrogens (tertiary/aromatic N) is 3. The molecule has 0 bridgehead atoms. The average molecular weight is 373 g/mol. The van der Waals surface area contributed by atoms with Crippen LogP contribution in [0.25, 0.3) is 21.7 Å². The zero-order chi connectivity index (χ0) is 17.2. The molecule has 0 radical (unpaired) electrons. The fourth-order valence-electron chi connectivity index (χ4n) is 2.29. The topological polar surface area (TPSA) is 73.1 Å². The number of aromatic nitrogens is 3. The van der Waals surface area contributed by atoms with Crippen molar-refractivity contribution in [2.45, 2.75) is 6.54 Å². The number of halogens is 1. The molecular weight excluding hydrogens is 360 g/mol. The van der Waals surface area contributed by atoms with Crippen LogP contribution >= 0.6 is 22.9 Å². The number of ether oxygens (including phenoxy) is 1. The standard InChI is InChI=1S/C17H13ClN4O2S/c1-23-12-6-7-13-14(8-12)25-17(20-13)19-9-15-21-22-16(24-15)10-2-4-11(18)5-3-10/h2-8H,9H2,1H3,(H,19,20). The smallest absolute Gasteiger partial charge is 0.247 e. The number of anilines is 1. The Hall–Kier alpha value is -2.64. The Balaban J connectivity index is 1.47. The quantitative estimate of drug-likeness (QED) is 0.551. The summed E-state index contributed by atoms with van der Waals surface area (Å²) in [5.74, 6) is 1.76. The average Bonchev–Trinajstić information content (AvgIpc) is 3.26. The number of hydrogen-bond donors (Lipinski definition) is 1. The van der Waals surface area contributed by atoms with Crippen LogP contribution in [0.5, 0.6) is 5.75 Å². The lowest BCUT2D eigenvalue weighted by Gasteiger charge is -1.97. The van der Waals surface area contributed by atoms with E-state index in [0.29, 0.717) is 23.3 Å². The van der Waals surface area contributed by atoms with Crippen LogP contribution in [0.2, 0.25) is 5.02 Å². The molecular formula is C17H13ClN4O2S. The lowest BCUT2D eigenvalue weighted by atomic mass is 10.2. The molecule has 0 spiro atoms. The molecule has 2 aromatic heterocycles. The van der Waals surface area contributed by atoms with E-state index in [1.165, 1.54) is 0 Å². The zero-order valence-electron chi connectivity index (χ0n) is 13.2. The maximum absolute atomic E-state index is 5.88. The molecule has 1 N–H and O–H groups in total. The maximum atomic E-state index is 5.88. The first kappa shape index (κ1) is 15.9. The van der Waals surface area contributed by atoms with Crippen LogP contribution < -0.4 is 10.1 Å². The van der Waals surface area contributed by atoms with E-state index in [9.17, 15) is 0 Å². The minimum Gasteiger partial charge on any atom is -0.497 e.